The third kappa shape index (κ3) is 5.54. The Morgan fingerprint density at radius 2 is 0.906 bits per heavy atom. The first kappa shape index (κ1) is 26.8. The van der Waals surface area contributed by atoms with E-state index >= 15 is 0 Å². The van der Waals surface area contributed by atoms with Crippen molar-refractivity contribution in [3.63, 3.8) is 0 Å². The molecule has 2 aliphatic rings. The molecule has 2 aromatic carbocycles. The van der Waals surface area contributed by atoms with Gasteiger partial charge >= 0.3 is 184 Å². The molecule has 0 aliphatic heterocycles. The molecule has 0 spiro atoms. The summed E-state index contributed by atoms with van der Waals surface area (Å²) in [5.74, 6) is 0. The van der Waals surface area contributed by atoms with Crippen molar-refractivity contribution in [1.29, 1.82) is 0 Å². The maximum atomic E-state index is 2.61. The molecule has 4 rings (SSSR count). The van der Waals surface area contributed by atoms with Crippen LogP contribution in [0.1, 0.15) is 22.3 Å². The fourth-order valence-corrected chi connectivity index (χ4v) is 18.4. The molecule has 2 aliphatic carbocycles. The van der Waals surface area contributed by atoms with E-state index in [1.54, 1.807) is 6.54 Å². The molecular formula is C28H32Cl2SiZr. The Morgan fingerprint density at radius 1 is 0.562 bits per heavy atom. The summed E-state index contributed by atoms with van der Waals surface area (Å²) in [6.07, 6.45) is 11.3. The average molecular weight is 559 g/mol. The zero-order valence-corrected chi connectivity index (χ0v) is 24.3. The second-order valence-corrected chi connectivity index (χ2v) is 37.6. The summed E-state index contributed by atoms with van der Waals surface area (Å²) in [5.41, 5.74) is 5.77. The molecule has 0 heterocycles. The Morgan fingerprint density at radius 3 is 1.31 bits per heavy atom. The van der Waals surface area contributed by atoms with Gasteiger partial charge in [0.15, 0.2) is 0 Å². The summed E-state index contributed by atoms with van der Waals surface area (Å²) in [7, 11) is 0. The van der Waals surface area contributed by atoms with Crippen LogP contribution in [0.3, 0.4) is 0 Å². The van der Waals surface area contributed by atoms with E-state index in [0.29, 0.717) is 0 Å². The van der Waals surface area contributed by atoms with E-state index in [4.69, 9.17) is 0 Å². The Labute approximate surface area is 207 Å². The fraction of sp³-hybridized carbons (Fsp3) is 0.143. The molecule has 0 aromatic heterocycles. The van der Waals surface area contributed by atoms with Gasteiger partial charge < -0.3 is 0 Å². The van der Waals surface area contributed by atoms with Crippen LogP contribution in [0.15, 0.2) is 97.1 Å². The summed E-state index contributed by atoms with van der Waals surface area (Å²) >= 11 is -3.55. The number of halogens is 2. The second-order valence-electron chi connectivity index (χ2n) is 9.18. The van der Waals surface area contributed by atoms with Gasteiger partial charge in [0.05, 0.1) is 0 Å². The van der Waals surface area contributed by atoms with Gasteiger partial charge in [0, 0.05) is 0 Å². The summed E-state index contributed by atoms with van der Waals surface area (Å²) in [4.78, 5) is 0. The molecule has 0 nitrogen and oxygen atoms in total. The van der Waals surface area contributed by atoms with Crippen molar-refractivity contribution in [1.82, 2.24) is 0 Å². The topological polar surface area (TPSA) is 0 Å². The molecule has 0 N–H and O–H groups in total. The predicted octanol–water partition coefficient (Wildman–Crippen LogP) is 6.20. The minimum atomic E-state index is -3.55. The first-order valence-corrected chi connectivity index (χ1v) is 24.1. The Kier molecular flexibility index (Phi) is 9.32. The van der Waals surface area contributed by atoms with Crippen molar-refractivity contribution >= 4 is 50.4 Å². The van der Waals surface area contributed by atoms with Crippen LogP contribution in [-0.2, 0) is 30.2 Å². The molecule has 0 atom stereocenters. The zero-order chi connectivity index (χ0) is 21.1. The van der Waals surface area contributed by atoms with E-state index in [-0.39, 0.29) is 24.8 Å². The van der Waals surface area contributed by atoms with Crippen molar-refractivity contribution in [2.24, 2.45) is 0 Å². The van der Waals surface area contributed by atoms with Crippen LogP contribution in [0.25, 0.3) is 12.2 Å². The molecular weight excluding hydrogens is 527 g/mol. The van der Waals surface area contributed by atoms with E-state index in [1.165, 1.54) is 22.3 Å². The minimum absolute atomic E-state index is 0. The molecule has 0 saturated heterocycles. The molecule has 0 amide bonds. The van der Waals surface area contributed by atoms with Gasteiger partial charge in [-0.2, -0.15) is 0 Å². The van der Waals surface area contributed by atoms with Crippen LogP contribution in [0.4, 0.5) is 0 Å². The van der Waals surface area contributed by atoms with Crippen LogP contribution in [0.5, 0.6) is 0 Å². The molecule has 0 unspecified atom stereocenters. The van der Waals surface area contributed by atoms with E-state index in [9.17, 15) is 0 Å². The van der Waals surface area contributed by atoms with Crippen molar-refractivity contribution in [2.75, 3.05) is 0 Å². The predicted molar refractivity (Wildman–Crippen MR) is 148 cm³/mol. The Hall–Kier alpha value is -1.44. The molecule has 0 fully saturated rings. The third-order valence-corrected chi connectivity index (χ3v) is 21.6. The number of hydrogen-bond acceptors (Lipinski definition) is 0. The fourth-order valence-electron chi connectivity index (χ4n) is 4.74. The summed E-state index contributed by atoms with van der Waals surface area (Å²) < 4.78 is 8.42. The second kappa shape index (κ2) is 11.1. The van der Waals surface area contributed by atoms with Crippen LogP contribution < -0.4 is 6.54 Å². The van der Waals surface area contributed by atoms with Gasteiger partial charge in [-0.15, -0.1) is 24.8 Å². The van der Waals surface area contributed by atoms with E-state index in [0.717, 1.165) is 12.8 Å². The third-order valence-electron chi connectivity index (χ3n) is 6.28. The molecule has 0 bridgehead atoms. The first-order chi connectivity index (χ1) is 14.5. The summed E-state index contributed by atoms with van der Waals surface area (Å²) in [5, 5.41) is 0. The number of allylic oxidation sites excluding steroid dienone is 2. The van der Waals surface area contributed by atoms with Crippen LogP contribution >= 0.6 is 24.8 Å². The average Bonchev–Trinajstić information content (AvgIpc) is 3.36. The van der Waals surface area contributed by atoms with Gasteiger partial charge in [-0.25, -0.2) is 0 Å². The molecule has 4 heteroatoms. The summed E-state index contributed by atoms with van der Waals surface area (Å²) in [6, 6.07) is 31.0. The quantitative estimate of drug-likeness (QED) is 0.385. The van der Waals surface area contributed by atoms with E-state index in [2.05, 4.69) is 125 Å². The van der Waals surface area contributed by atoms with Gasteiger partial charge in [-0.05, 0) is 0 Å². The van der Waals surface area contributed by atoms with Crippen molar-refractivity contribution in [3.8, 4) is 0 Å². The molecule has 166 valence electrons. The number of fused-ring (bicyclic) bond motifs is 2. The van der Waals surface area contributed by atoms with Gasteiger partial charge in [0.1, 0.15) is 0 Å². The molecule has 32 heavy (non-hydrogen) atoms. The van der Waals surface area contributed by atoms with Crippen molar-refractivity contribution < 1.29 is 17.4 Å². The number of hydrogen-bond donors (Lipinski definition) is 0. The molecule has 0 saturated carbocycles. The van der Waals surface area contributed by atoms with Gasteiger partial charge in [0.25, 0.3) is 0 Å². The van der Waals surface area contributed by atoms with Crippen molar-refractivity contribution in [2.45, 2.75) is 22.1 Å². The number of rotatable bonds is 2. The van der Waals surface area contributed by atoms with Crippen molar-refractivity contribution in [3.05, 3.63) is 119 Å². The molecule has 2 aromatic rings. The Balaban J connectivity index is 0.00000181. The van der Waals surface area contributed by atoms with Crippen LogP contribution in [0, 0.1) is 0 Å². The Bertz CT molecular complexity index is 1140. The van der Waals surface area contributed by atoms with Gasteiger partial charge in [-0.3, -0.25) is 0 Å². The monoisotopic (exact) mass is 556 g/mol. The maximum absolute atomic E-state index is 3.55. The van der Waals surface area contributed by atoms with Crippen LogP contribution in [0.2, 0.25) is 9.26 Å². The van der Waals surface area contributed by atoms with Gasteiger partial charge in [0.2, 0.25) is 0 Å². The van der Waals surface area contributed by atoms with Crippen LogP contribution in [-0.4, -0.2) is 6.88 Å². The zero-order valence-electron chi connectivity index (χ0n) is 18.8. The van der Waals surface area contributed by atoms with E-state index < -0.39 is 17.4 Å². The summed E-state index contributed by atoms with van der Waals surface area (Å²) in [6.45, 7) is 2.32. The van der Waals surface area contributed by atoms with E-state index in [1.807, 2.05) is 0 Å². The first-order valence-electron chi connectivity index (χ1n) is 10.8. The van der Waals surface area contributed by atoms with Gasteiger partial charge in [-0.1, -0.05) is 0 Å². The standard InChI is InChI=1S/2C13H11.2CH3.2ClH.H2Si.Zr/c2*1-2-4-6-9-13-11-7-10-12(13)8-5-3-1;;;;;;/h2*1-8,10H,11H2;2*1H3;2*1H;1H2;. The molecule has 0 radical (unpaired) electrons. The SMILES string of the molecule is Cl.Cl.[CH3][Zr]([CH3])(=[SiH2])([c]1cccccccc2c1CC=C2)[c]1cccccccc2c1CC=C2. The normalized spacial score (nSPS) is 13.0.